The van der Waals surface area contributed by atoms with Gasteiger partial charge in [-0.25, -0.2) is 0 Å². The van der Waals surface area contributed by atoms with Crippen LogP contribution in [0.3, 0.4) is 0 Å². The molecule has 0 saturated heterocycles. The monoisotopic (exact) mass is 604 g/mol. The second-order valence-corrected chi connectivity index (χ2v) is 12.3. The third-order valence-corrected chi connectivity index (χ3v) is 8.58. The highest BCUT2D eigenvalue weighted by Gasteiger charge is 2.15. The molecule has 0 N–H and O–H groups in total. The van der Waals surface area contributed by atoms with Crippen LogP contribution >= 0.6 is 11.8 Å². The minimum atomic E-state index is 0.0625. The molecule has 0 saturated carbocycles. The molecule has 0 fully saturated rings. The summed E-state index contributed by atoms with van der Waals surface area (Å²) in [5, 5.41) is 0. The summed E-state index contributed by atoms with van der Waals surface area (Å²) in [7, 11) is 0. The maximum atomic E-state index is 12.8. The number of hydrogen-bond donors (Lipinski definition) is 0. The highest BCUT2D eigenvalue weighted by Crippen LogP contribution is 2.28. The van der Waals surface area contributed by atoms with Gasteiger partial charge in [-0.2, -0.15) is 0 Å². The molecule has 45 heavy (non-hydrogen) atoms. The second kappa shape index (κ2) is 14.7. The van der Waals surface area contributed by atoms with E-state index in [1.807, 2.05) is 111 Å². The molecule has 0 radical (unpaired) electrons. The molecule has 0 heterocycles. The Bertz CT molecular complexity index is 1870. The third kappa shape index (κ3) is 8.14. The van der Waals surface area contributed by atoms with E-state index < -0.39 is 0 Å². The van der Waals surface area contributed by atoms with Crippen molar-refractivity contribution in [2.24, 2.45) is 0 Å². The average molecular weight is 605 g/mol. The van der Waals surface area contributed by atoms with Gasteiger partial charge in [-0.15, -0.1) is 0 Å². The van der Waals surface area contributed by atoms with E-state index in [4.69, 9.17) is 0 Å². The molecule has 0 unspecified atom stereocenters. The summed E-state index contributed by atoms with van der Waals surface area (Å²) >= 11 is 1.70. The van der Waals surface area contributed by atoms with E-state index in [0.717, 1.165) is 49.4 Å². The zero-order chi connectivity index (χ0) is 31.8. The molecule has 0 bridgehead atoms. The van der Waals surface area contributed by atoms with Crippen molar-refractivity contribution < 1.29 is 9.59 Å². The molecule has 6 rings (SSSR count). The molecule has 0 aliphatic carbocycles. The van der Waals surface area contributed by atoms with E-state index in [0.29, 0.717) is 0 Å². The molecule has 0 aliphatic heterocycles. The van der Waals surface area contributed by atoms with Crippen LogP contribution < -0.4 is 0 Å². The summed E-state index contributed by atoms with van der Waals surface area (Å²) < 4.78 is 0. The predicted molar refractivity (Wildman–Crippen MR) is 188 cm³/mol. The summed E-state index contributed by atoms with van der Waals surface area (Å²) in [4.78, 5) is 27.5. The first-order valence-corrected chi connectivity index (χ1v) is 15.8. The van der Waals surface area contributed by atoms with Gasteiger partial charge >= 0.3 is 0 Å². The Hall–Kier alpha value is -4.99. The molecule has 0 spiro atoms. The minimum Gasteiger partial charge on any atom is -0.289 e. The Balaban J connectivity index is 0.000000178. The van der Waals surface area contributed by atoms with Crippen LogP contribution in [0.15, 0.2) is 155 Å². The Kier molecular flexibility index (Phi) is 10.2. The largest absolute Gasteiger partial charge is 0.289 e. The maximum Gasteiger partial charge on any atom is 0.193 e. The Morgan fingerprint density at radius 3 is 1.40 bits per heavy atom. The zero-order valence-corrected chi connectivity index (χ0v) is 26.9. The van der Waals surface area contributed by atoms with Crippen molar-refractivity contribution in [3.63, 3.8) is 0 Å². The standard InChI is InChI=1S/C22H20O.C20H16OS/c1-15-13-16(2)21(17(3)14-15)22(23)20-11-9-19(10-12-20)18-7-5-4-6-8-18;1-15-7-11-18(12-8-15)22-19-13-9-17(10-14-19)20(21)16-5-3-2-4-6-16/h4-14H,1-3H3;2-14H,1H3. The first-order valence-electron chi connectivity index (χ1n) is 15.0. The van der Waals surface area contributed by atoms with Gasteiger partial charge in [-0.1, -0.05) is 132 Å². The fraction of sp³-hybridized carbons (Fsp3) is 0.0952. The lowest BCUT2D eigenvalue weighted by Crippen LogP contribution is -2.06. The topological polar surface area (TPSA) is 34.1 Å². The summed E-state index contributed by atoms with van der Waals surface area (Å²) in [5.41, 5.74) is 9.82. The second-order valence-electron chi connectivity index (χ2n) is 11.2. The van der Waals surface area contributed by atoms with Gasteiger partial charge in [0.1, 0.15) is 0 Å². The van der Waals surface area contributed by atoms with Gasteiger partial charge in [-0.05, 0) is 86.3 Å². The number of carbonyl (C=O) groups excluding carboxylic acids is 2. The Morgan fingerprint density at radius 1 is 0.422 bits per heavy atom. The number of benzene rings is 6. The first kappa shape index (κ1) is 31.4. The van der Waals surface area contributed by atoms with E-state index in [1.54, 1.807) is 11.8 Å². The lowest BCUT2D eigenvalue weighted by molar-refractivity contribution is 0.103. The van der Waals surface area contributed by atoms with Crippen molar-refractivity contribution in [3.8, 4) is 11.1 Å². The number of aryl methyl sites for hydroxylation is 4. The quantitative estimate of drug-likeness (QED) is 0.170. The van der Waals surface area contributed by atoms with Crippen molar-refractivity contribution in [3.05, 3.63) is 190 Å². The first-order chi connectivity index (χ1) is 21.8. The normalized spacial score (nSPS) is 10.5. The van der Waals surface area contributed by atoms with Crippen LogP contribution in [0.2, 0.25) is 0 Å². The Morgan fingerprint density at radius 2 is 0.844 bits per heavy atom. The molecule has 3 heteroatoms. The van der Waals surface area contributed by atoms with E-state index in [2.05, 4.69) is 62.4 Å². The fourth-order valence-electron chi connectivity index (χ4n) is 5.30. The summed E-state index contributed by atoms with van der Waals surface area (Å²) in [6.07, 6.45) is 0. The van der Waals surface area contributed by atoms with Crippen LogP contribution in [0.5, 0.6) is 0 Å². The zero-order valence-electron chi connectivity index (χ0n) is 26.1. The van der Waals surface area contributed by atoms with Gasteiger partial charge < -0.3 is 0 Å². The van der Waals surface area contributed by atoms with E-state index in [9.17, 15) is 9.59 Å². The maximum absolute atomic E-state index is 12.8. The lowest BCUT2D eigenvalue weighted by Gasteiger charge is -2.11. The molecule has 222 valence electrons. The van der Waals surface area contributed by atoms with Gasteiger partial charge in [0, 0.05) is 32.0 Å². The van der Waals surface area contributed by atoms with Crippen LogP contribution in [0.1, 0.15) is 54.1 Å². The molecule has 6 aromatic rings. The van der Waals surface area contributed by atoms with Gasteiger partial charge in [0.25, 0.3) is 0 Å². The summed E-state index contributed by atoms with van der Waals surface area (Å²) in [5.74, 6) is 0.159. The number of hydrogen-bond acceptors (Lipinski definition) is 3. The summed E-state index contributed by atoms with van der Waals surface area (Å²) in [6.45, 7) is 8.15. The molecule has 0 aliphatic rings. The van der Waals surface area contributed by atoms with Crippen molar-refractivity contribution in [2.75, 3.05) is 0 Å². The molecule has 0 atom stereocenters. The van der Waals surface area contributed by atoms with Crippen LogP contribution in [-0.2, 0) is 0 Å². The number of ketones is 2. The number of carbonyl (C=O) groups is 2. The average Bonchev–Trinajstić information content (AvgIpc) is 3.06. The van der Waals surface area contributed by atoms with Crippen LogP contribution in [0, 0.1) is 27.7 Å². The van der Waals surface area contributed by atoms with Gasteiger partial charge in [-0.3, -0.25) is 9.59 Å². The smallest absolute Gasteiger partial charge is 0.193 e. The molecular weight excluding hydrogens is 569 g/mol. The summed E-state index contributed by atoms with van der Waals surface area (Å²) in [6, 6.07) is 47.8. The van der Waals surface area contributed by atoms with Crippen molar-refractivity contribution in [2.45, 2.75) is 37.5 Å². The van der Waals surface area contributed by atoms with Crippen molar-refractivity contribution in [1.82, 2.24) is 0 Å². The van der Waals surface area contributed by atoms with Crippen LogP contribution in [0.25, 0.3) is 11.1 Å². The lowest BCUT2D eigenvalue weighted by atomic mass is 9.92. The SMILES string of the molecule is Cc1cc(C)c(C(=O)c2ccc(-c3ccccc3)cc2)c(C)c1.Cc1ccc(Sc2ccc(C(=O)c3ccccc3)cc2)cc1. The van der Waals surface area contributed by atoms with Crippen molar-refractivity contribution in [1.29, 1.82) is 0 Å². The number of rotatable bonds is 7. The van der Waals surface area contributed by atoms with E-state index >= 15 is 0 Å². The van der Waals surface area contributed by atoms with Crippen LogP contribution in [-0.4, -0.2) is 11.6 Å². The third-order valence-electron chi connectivity index (χ3n) is 7.57. The fourth-order valence-corrected chi connectivity index (χ4v) is 6.12. The minimum absolute atomic E-state index is 0.0625. The molecule has 6 aromatic carbocycles. The Labute approximate surface area is 270 Å². The predicted octanol–water partition coefficient (Wildman–Crippen LogP) is 10.9. The molecule has 0 amide bonds. The van der Waals surface area contributed by atoms with Gasteiger partial charge in [0.2, 0.25) is 0 Å². The van der Waals surface area contributed by atoms with Crippen molar-refractivity contribution >= 4 is 23.3 Å². The highest BCUT2D eigenvalue weighted by atomic mass is 32.2. The van der Waals surface area contributed by atoms with Crippen LogP contribution in [0.4, 0.5) is 0 Å². The van der Waals surface area contributed by atoms with Gasteiger partial charge in [0.15, 0.2) is 11.6 Å². The molecular formula is C42H36O2S. The highest BCUT2D eigenvalue weighted by molar-refractivity contribution is 7.99. The van der Waals surface area contributed by atoms with E-state index in [1.165, 1.54) is 16.0 Å². The van der Waals surface area contributed by atoms with E-state index in [-0.39, 0.29) is 11.6 Å². The molecule has 2 nitrogen and oxygen atoms in total. The molecule has 0 aromatic heterocycles. The van der Waals surface area contributed by atoms with Gasteiger partial charge in [0.05, 0.1) is 0 Å².